The smallest absolute Gasteiger partial charge is 0.409 e. The standard InChI is InChI=1S/C13H10N2O5.C2H6/c16-10-6-5-8(11(17)14-10)15-12(18)7-3-1-2-4-9(7)20-13(15)19;1-2/h1-4,8H,5-6H2,(H,14,16,17);1-2H3. The first-order valence-electron chi connectivity index (χ1n) is 7.06. The molecule has 0 bridgehead atoms. The number of nitrogens with zero attached hydrogens (tertiary/aromatic N) is 1. The van der Waals surface area contributed by atoms with Gasteiger partial charge in [0, 0.05) is 6.42 Å². The molecule has 0 saturated carbocycles. The monoisotopic (exact) mass is 304 g/mol. The molecule has 22 heavy (non-hydrogen) atoms. The average Bonchev–Trinajstić information content (AvgIpc) is 2.51. The molecule has 0 radical (unpaired) electrons. The predicted octanol–water partition coefficient (Wildman–Crippen LogP) is 0.959. The minimum absolute atomic E-state index is 0.0785. The molecule has 3 rings (SSSR count). The maximum atomic E-state index is 12.3. The molecule has 1 atom stereocenters. The third-order valence-electron chi connectivity index (χ3n) is 3.25. The van der Waals surface area contributed by atoms with Crippen LogP contribution in [0.5, 0.6) is 0 Å². The number of hydrogen-bond acceptors (Lipinski definition) is 5. The van der Waals surface area contributed by atoms with E-state index < -0.39 is 29.2 Å². The van der Waals surface area contributed by atoms with Crippen LogP contribution in [0.1, 0.15) is 32.7 Å². The van der Waals surface area contributed by atoms with Gasteiger partial charge in [0.1, 0.15) is 11.6 Å². The number of para-hydroxylation sites is 1. The van der Waals surface area contributed by atoms with Crippen LogP contribution in [0, 0.1) is 0 Å². The summed E-state index contributed by atoms with van der Waals surface area (Å²) >= 11 is 0. The van der Waals surface area contributed by atoms with E-state index in [2.05, 4.69) is 5.32 Å². The van der Waals surface area contributed by atoms with Crippen LogP contribution in [-0.4, -0.2) is 16.4 Å². The Labute approximate surface area is 125 Å². The number of fused-ring (bicyclic) bond motifs is 1. The van der Waals surface area contributed by atoms with Crippen molar-refractivity contribution in [1.82, 2.24) is 9.88 Å². The van der Waals surface area contributed by atoms with E-state index in [0.717, 1.165) is 4.57 Å². The number of rotatable bonds is 1. The van der Waals surface area contributed by atoms with Gasteiger partial charge in [0.2, 0.25) is 11.8 Å². The summed E-state index contributed by atoms with van der Waals surface area (Å²) in [6.07, 6.45) is 0.183. The number of imide groups is 1. The van der Waals surface area contributed by atoms with Crippen LogP contribution < -0.4 is 16.6 Å². The van der Waals surface area contributed by atoms with Crippen molar-refractivity contribution in [2.75, 3.05) is 0 Å². The van der Waals surface area contributed by atoms with Crippen LogP contribution >= 0.6 is 0 Å². The summed E-state index contributed by atoms with van der Waals surface area (Å²) in [5.74, 6) is -1.97. The number of hydrogen-bond donors (Lipinski definition) is 1. The van der Waals surface area contributed by atoms with Crippen molar-refractivity contribution >= 4 is 22.8 Å². The molecule has 1 aromatic carbocycles. The van der Waals surface area contributed by atoms with Gasteiger partial charge >= 0.3 is 5.76 Å². The normalized spacial score (nSPS) is 17.6. The number of aromatic nitrogens is 1. The third-order valence-corrected chi connectivity index (χ3v) is 3.25. The Bertz CT molecular complexity index is 834. The van der Waals surface area contributed by atoms with Gasteiger partial charge in [0.15, 0.2) is 0 Å². The van der Waals surface area contributed by atoms with Gasteiger partial charge in [-0.05, 0) is 18.6 Å². The van der Waals surface area contributed by atoms with Gasteiger partial charge in [-0.25, -0.2) is 9.36 Å². The summed E-state index contributed by atoms with van der Waals surface area (Å²) in [5, 5.41) is 2.33. The lowest BCUT2D eigenvalue weighted by Crippen LogP contribution is -2.48. The molecule has 1 N–H and O–H groups in total. The van der Waals surface area contributed by atoms with Gasteiger partial charge in [-0.15, -0.1) is 0 Å². The average molecular weight is 304 g/mol. The second-order valence-electron chi connectivity index (χ2n) is 4.51. The summed E-state index contributed by atoms with van der Waals surface area (Å²) in [7, 11) is 0. The highest BCUT2D eigenvalue weighted by molar-refractivity contribution is 5.99. The lowest BCUT2D eigenvalue weighted by molar-refractivity contribution is -0.136. The molecule has 2 aromatic rings. The fourth-order valence-electron chi connectivity index (χ4n) is 2.29. The molecule has 7 heteroatoms. The van der Waals surface area contributed by atoms with Crippen molar-refractivity contribution in [1.29, 1.82) is 0 Å². The summed E-state index contributed by atoms with van der Waals surface area (Å²) in [6.45, 7) is 4.00. The number of nitrogens with one attached hydrogen (secondary N) is 1. The largest absolute Gasteiger partial charge is 0.423 e. The van der Waals surface area contributed by atoms with Crippen molar-refractivity contribution < 1.29 is 14.0 Å². The van der Waals surface area contributed by atoms with Gasteiger partial charge in [-0.1, -0.05) is 26.0 Å². The minimum Gasteiger partial charge on any atom is -0.409 e. The maximum Gasteiger partial charge on any atom is 0.423 e. The van der Waals surface area contributed by atoms with Gasteiger partial charge in [-0.2, -0.15) is 0 Å². The zero-order chi connectivity index (χ0) is 16.3. The second-order valence-corrected chi connectivity index (χ2v) is 4.51. The molecule has 1 aliphatic rings. The van der Waals surface area contributed by atoms with E-state index in [4.69, 9.17) is 4.42 Å². The van der Waals surface area contributed by atoms with Crippen molar-refractivity contribution in [3.05, 3.63) is 45.2 Å². The lowest BCUT2D eigenvalue weighted by atomic mass is 10.1. The second kappa shape index (κ2) is 6.38. The first-order chi connectivity index (χ1) is 10.6. The molecule has 1 saturated heterocycles. The predicted molar refractivity (Wildman–Crippen MR) is 79.5 cm³/mol. The van der Waals surface area contributed by atoms with E-state index in [0.29, 0.717) is 0 Å². The maximum absolute atomic E-state index is 12.3. The lowest BCUT2D eigenvalue weighted by Gasteiger charge is -2.21. The van der Waals surface area contributed by atoms with E-state index in [1.807, 2.05) is 13.8 Å². The SMILES string of the molecule is CC.O=C1CCC(n2c(=O)oc3ccccc3c2=O)C(=O)N1. The fraction of sp³-hybridized carbons (Fsp3) is 0.333. The van der Waals surface area contributed by atoms with Crippen molar-refractivity contribution in [2.24, 2.45) is 0 Å². The molecular formula is C15H16N2O5. The highest BCUT2D eigenvalue weighted by atomic mass is 16.4. The highest BCUT2D eigenvalue weighted by Gasteiger charge is 2.31. The van der Waals surface area contributed by atoms with Crippen molar-refractivity contribution in [3.63, 3.8) is 0 Å². The minimum atomic E-state index is -1.01. The fourth-order valence-corrected chi connectivity index (χ4v) is 2.29. The number of carbonyl (C=O) groups is 2. The zero-order valence-electron chi connectivity index (χ0n) is 12.3. The molecule has 7 nitrogen and oxygen atoms in total. The Morgan fingerprint density at radius 2 is 1.82 bits per heavy atom. The first-order valence-corrected chi connectivity index (χ1v) is 7.06. The topological polar surface area (TPSA) is 98.4 Å². The Kier molecular flexibility index (Phi) is 4.55. The van der Waals surface area contributed by atoms with Gasteiger partial charge < -0.3 is 4.42 Å². The molecule has 0 aliphatic carbocycles. The number of piperidine rings is 1. The summed E-state index contributed by atoms with van der Waals surface area (Å²) < 4.78 is 5.81. The summed E-state index contributed by atoms with van der Waals surface area (Å²) in [6, 6.07) is 5.29. The zero-order valence-corrected chi connectivity index (χ0v) is 12.3. The van der Waals surface area contributed by atoms with Crippen molar-refractivity contribution in [2.45, 2.75) is 32.7 Å². The molecule has 1 fully saturated rings. The van der Waals surface area contributed by atoms with Crippen LogP contribution in [0.4, 0.5) is 0 Å². The van der Waals surface area contributed by atoms with Crippen LogP contribution in [0.25, 0.3) is 11.0 Å². The highest BCUT2D eigenvalue weighted by Crippen LogP contribution is 2.16. The molecule has 116 valence electrons. The first kappa shape index (κ1) is 15.7. The number of amides is 2. The molecule has 2 amide bonds. The molecular weight excluding hydrogens is 288 g/mol. The third kappa shape index (κ3) is 2.69. The molecule has 1 aliphatic heterocycles. The molecule has 1 aromatic heterocycles. The summed E-state index contributed by atoms with van der Waals surface area (Å²) in [5.41, 5.74) is -0.419. The number of benzene rings is 1. The van der Waals surface area contributed by atoms with Crippen LogP contribution in [0.2, 0.25) is 0 Å². The quantitative estimate of drug-likeness (QED) is 0.791. The van der Waals surface area contributed by atoms with Gasteiger partial charge in [0.25, 0.3) is 5.56 Å². The van der Waals surface area contributed by atoms with E-state index in [1.165, 1.54) is 12.1 Å². The summed E-state index contributed by atoms with van der Waals surface area (Å²) in [4.78, 5) is 47.1. The Morgan fingerprint density at radius 1 is 1.14 bits per heavy atom. The van der Waals surface area contributed by atoms with Crippen LogP contribution in [0.3, 0.4) is 0 Å². The molecule has 2 heterocycles. The molecule has 0 spiro atoms. The number of carbonyl (C=O) groups excluding carboxylic acids is 2. The van der Waals surface area contributed by atoms with Gasteiger partial charge in [0.05, 0.1) is 5.39 Å². The van der Waals surface area contributed by atoms with Crippen LogP contribution in [0.15, 0.2) is 38.3 Å². The van der Waals surface area contributed by atoms with E-state index >= 15 is 0 Å². The Balaban J connectivity index is 0.000000847. The van der Waals surface area contributed by atoms with Crippen molar-refractivity contribution in [3.8, 4) is 0 Å². The van der Waals surface area contributed by atoms with Gasteiger partial charge in [-0.3, -0.25) is 19.7 Å². The van der Waals surface area contributed by atoms with E-state index in [1.54, 1.807) is 12.1 Å². The Morgan fingerprint density at radius 3 is 2.50 bits per heavy atom. The van der Waals surface area contributed by atoms with E-state index in [-0.39, 0.29) is 23.8 Å². The molecule has 1 unspecified atom stereocenters. The van der Waals surface area contributed by atoms with Crippen LogP contribution in [-0.2, 0) is 9.59 Å². The Hall–Kier alpha value is -2.70. The van der Waals surface area contributed by atoms with E-state index in [9.17, 15) is 19.2 Å².